The summed E-state index contributed by atoms with van der Waals surface area (Å²) in [6.07, 6.45) is 12.7. The highest BCUT2D eigenvalue weighted by atomic mass is 19.2. The minimum atomic E-state index is -4.05. The Morgan fingerprint density at radius 1 is 1.05 bits per heavy atom. The second-order valence-electron chi connectivity index (χ2n) is 9.66. The van der Waals surface area contributed by atoms with Gasteiger partial charge in [0.2, 0.25) is 0 Å². The predicted molar refractivity (Wildman–Crippen MR) is 145 cm³/mol. The summed E-state index contributed by atoms with van der Waals surface area (Å²) >= 11 is 0. The lowest BCUT2D eigenvalue weighted by Gasteiger charge is -2.33. The van der Waals surface area contributed by atoms with Crippen molar-refractivity contribution in [2.24, 2.45) is 0 Å². The first-order valence-corrected chi connectivity index (χ1v) is 12.1. The van der Waals surface area contributed by atoms with Crippen molar-refractivity contribution in [3.05, 3.63) is 110 Å². The average Bonchev–Trinajstić information content (AvgIpc) is 3.29. The van der Waals surface area contributed by atoms with Crippen LogP contribution in [0.15, 0.2) is 75.1 Å². The molecule has 0 N–H and O–H groups in total. The summed E-state index contributed by atoms with van der Waals surface area (Å²) in [7, 11) is 0. The Labute approximate surface area is 213 Å². The van der Waals surface area contributed by atoms with E-state index in [-0.39, 0.29) is 0 Å². The number of hydrogen-bond donors (Lipinski definition) is 0. The molecule has 1 aromatic carbocycles. The maximum Gasteiger partial charge on any atom is 0.737 e. The monoisotopic (exact) mass is 492 g/mol. The average molecular weight is 492 g/mol. The molecular formula is C30H23BF2N2O2. The molecule has 0 atom stereocenters. The van der Waals surface area contributed by atoms with Crippen LogP contribution >= 0.6 is 0 Å². The van der Waals surface area contributed by atoms with Crippen LogP contribution in [0.2, 0.25) is 0 Å². The first-order chi connectivity index (χ1) is 17.7. The number of nitrogens with zero attached hydrogens (tertiary/aromatic N) is 2. The number of rotatable bonds is 2. The maximum absolute atomic E-state index is 15.8. The molecule has 1 aliphatic carbocycles. The number of hydrogen-bond acceptors (Lipinski definition) is 2. The second-order valence-corrected chi connectivity index (χ2v) is 9.66. The molecule has 0 spiro atoms. The number of aromatic nitrogens is 1. The molecule has 6 rings (SSSR count). The van der Waals surface area contributed by atoms with Crippen molar-refractivity contribution in [1.82, 2.24) is 4.48 Å². The van der Waals surface area contributed by atoms with E-state index in [1.165, 1.54) is 0 Å². The molecule has 0 radical (unpaired) electrons. The maximum atomic E-state index is 15.8. The topological polar surface area (TPSA) is 38.1 Å². The molecule has 182 valence electrons. The minimum absolute atomic E-state index is 0.337. The van der Waals surface area contributed by atoms with E-state index in [1.54, 1.807) is 56.4 Å². The Kier molecular flexibility index (Phi) is 5.00. The van der Waals surface area contributed by atoms with Crippen molar-refractivity contribution < 1.29 is 17.5 Å². The summed E-state index contributed by atoms with van der Waals surface area (Å²) < 4.78 is 39.5. The molecule has 0 fully saturated rings. The van der Waals surface area contributed by atoms with Crippen LogP contribution in [0, 0.1) is 25.7 Å². The van der Waals surface area contributed by atoms with Crippen LogP contribution in [0.25, 0.3) is 28.7 Å². The summed E-state index contributed by atoms with van der Waals surface area (Å²) in [6, 6.07) is 7.25. The Hall–Kier alpha value is -4.44. The van der Waals surface area contributed by atoms with E-state index in [4.69, 9.17) is 4.42 Å². The van der Waals surface area contributed by atoms with Crippen LogP contribution in [-0.2, 0) is 0 Å². The van der Waals surface area contributed by atoms with Crippen LogP contribution in [0.5, 0.6) is 0 Å². The lowest BCUT2D eigenvalue weighted by atomic mass is 9.86. The predicted octanol–water partition coefficient (Wildman–Crippen LogP) is 6.24. The molecule has 4 nitrogen and oxygen atoms in total. The summed E-state index contributed by atoms with van der Waals surface area (Å²) in [5, 5.41) is 0.753. The van der Waals surface area contributed by atoms with Gasteiger partial charge in [0.1, 0.15) is 11.3 Å². The van der Waals surface area contributed by atoms with Crippen molar-refractivity contribution in [3.8, 4) is 11.8 Å². The fraction of sp³-hybridized carbons (Fsp3) is 0.133. The second kappa shape index (κ2) is 8.04. The highest BCUT2D eigenvalue weighted by Crippen LogP contribution is 2.42. The minimum Gasteiger partial charge on any atom is -0.422 e. The molecule has 37 heavy (non-hydrogen) atoms. The third-order valence-corrected chi connectivity index (χ3v) is 7.11. The third-order valence-electron chi connectivity index (χ3n) is 7.11. The summed E-state index contributed by atoms with van der Waals surface area (Å²) in [4.78, 5) is 12.9. The van der Waals surface area contributed by atoms with Gasteiger partial charge >= 0.3 is 12.6 Å². The van der Waals surface area contributed by atoms with E-state index in [1.807, 2.05) is 38.1 Å². The summed E-state index contributed by atoms with van der Waals surface area (Å²) in [6.45, 7) is 3.02. The van der Waals surface area contributed by atoms with E-state index in [0.717, 1.165) is 36.6 Å². The fourth-order valence-corrected chi connectivity index (χ4v) is 5.62. The molecular weight excluding hydrogens is 469 g/mol. The van der Waals surface area contributed by atoms with Crippen molar-refractivity contribution in [3.63, 3.8) is 0 Å². The van der Waals surface area contributed by atoms with Gasteiger partial charge in [0.15, 0.2) is 5.70 Å². The molecule has 0 saturated heterocycles. The number of benzene rings is 1. The third kappa shape index (κ3) is 3.44. The Balaban J connectivity index is 1.53. The van der Waals surface area contributed by atoms with Crippen LogP contribution < -0.4 is 5.63 Å². The van der Waals surface area contributed by atoms with E-state index in [0.29, 0.717) is 39.5 Å². The van der Waals surface area contributed by atoms with E-state index in [2.05, 4.69) is 11.8 Å². The van der Waals surface area contributed by atoms with Crippen LogP contribution in [-0.4, -0.2) is 21.6 Å². The highest BCUT2D eigenvalue weighted by molar-refractivity contribution is 6.58. The van der Waals surface area contributed by atoms with E-state index >= 15 is 8.63 Å². The molecule has 3 aliphatic rings. The first kappa shape index (κ1) is 23.0. The van der Waals surface area contributed by atoms with Gasteiger partial charge in [-0.1, -0.05) is 30.1 Å². The quantitative estimate of drug-likeness (QED) is 0.241. The van der Waals surface area contributed by atoms with E-state index in [9.17, 15) is 4.79 Å². The molecule has 3 aromatic rings. The molecule has 0 saturated carbocycles. The molecule has 0 unspecified atom stereocenters. The lowest BCUT2D eigenvalue weighted by molar-refractivity contribution is -0.363. The number of allylic oxidation sites excluding steroid dienone is 7. The smallest absolute Gasteiger partial charge is 0.422 e. The normalized spacial score (nSPS) is 17.4. The number of fused-ring (bicyclic) bond motifs is 4. The molecule has 2 aromatic heterocycles. The van der Waals surface area contributed by atoms with Crippen molar-refractivity contribution in [2.75, 3.05) is 0 Å². The van der Waals surface area contributed by atoms with Gasteiger partial charge in [0.05, 0.1) is 11.1 Å². The zero-order chi connectivity index (χ0) is 26.1. The Morgan fingerprint density at radius 3 is 2.68 bits per heavy atom. The van der Waals surface area contributed by atoms with Crippen molar-refractivity contribution in [1.29, 1.82) is 0 Å². The zero-order valence-corrected chi connectivity index (χ0v) is 20.9. The van der Waals surface area contributed by atoms with Gasteiger partial charge in [-0.15, -0.1) is 0 Å². The standard InChI is InChI=1S/C30H23BF2N2O2/c1-18-13-20(3)34-28(18)26(29-19(2)14-21(4)35(29)31(34,32)33)12-11-24-16-25-15-22-9-7-5-6-8-10-23(22)17-27(25)37-30(24)36/h5-7,9,11-17H,1-4H3. The molecule has 0 bridgehead atoms. The lowest BCUT2D eigenvalue weighted by Crippen LogP contribution is -2.51. The van der Waals surface area contributed by atoms with Crippen LogP contribution in [0.3, 0.4) is 0 Å². The zero-order valence-electron chi connectivity index (χ0n) is 20.9. The molecule has 0 amide bonds. The number of halogens is 2. The first-order valence-electron chi connectivity index (χ1n) is 12.1. The molecule has 2 aliphatic heterocycles. The van der Waals surface area contributed by atoms with Gasteiger partial charge in [-0.05, 0) is 80.1 Å². The highest BCUT2D eigenvalue weighted by Gasteiger charge is 2.54. The van der Waals surface area contributed by atoms with Gasteiger partial charge in [-0.2, -0.15) is 0 Å². The molecule has 7 heteroatoms. The summed E-state index contributed by atoms with van der Waals surface area (Å²) in [5.74, 6) is 6.02. The Morgan fingerprint density at radius 2 is 1.86 bits per heavy atom. The van der Waals surface area contributed by atoms with Gasteiger partial charge in [0, 0.05) is 35.2 Å². The van der Waals surface area contributed by atoms with Gasteiger partial charge in [-0.25, -0.2) is 4.79 Å². The van der Waals surface area contributed by atoms with Gasteiger partial charge in [-0.3, -0.25) is 0 Å². The SMILES string of the molecule is CC1=CC(C)=[N+]2C1=C(C=Cc1cc3cc4c(cc3oc1=O)C#CC=CC=C4)c1c(C)cc(C)n1[B-]2(F)F. The van der Waals surface area contributed by atoms with Crippen LogP contribution in [0.1, 0.15) is 47.5 Å². The molecule has 4 heterocycles. The Bertz CT molecular complexity index is 1860. The van der Waals surface area contributed by atoms with Crippen LogP contribution in [0.4, 0.5) is 8.63 Å². The van der Waals surface area contributed by atoms with Gasteiger partial charge in [0.25, 0.3) is 0 Å². The number of aryl methyl sites for hydroxylation is 2. The summed E-state index contributed by atoms with van der Waals surface area (Å²) in [5.41, 5.74) is 6.06. The largest absolute Gasteiger partial charge is 0.737 e. The van der Waals surface area contributed by atoms with E-state index < -0.39 is 12.6 Å². The van der Waals surface area contributed by atoms with Gasteiger partial charge < -0.3 is 22.0 Å². The van der Waals surface area contributed by atoms with Crippen molar-refractivity contribution >= 4 is 41.4 Å². The van der Waals surface area contributed by atoms with Crippen molar-refractivity contribution in [2.45, 2.75) is 27.7 Å². The fourth-order valence-electron chi connectivity index (χ4n) is 5.62.